The van der Waals surface area contributed by atoms with Crippen LogP contribution in [0.25, 0.3) is 0 Å². The number of hydroxylamine groups is 2. The van der Waals surface area contributed by atoms with Gasteiger partial charge in [0.1, 0.15) is 0 Å². The Hall–Kier alpha value is -0.0800. The Labute approximate surface area is 74.8 Å². The molecule has 12 heavy (non-hydrogen) atoms. The number of piperidine rings is 1. The average molecular weight is 169 g/mol. The molecule has 2 aliphatic rings. The first-order valence-corrected chi connectivity index (χ1v) is 5.37. The van der Waals surface area contributed by atoms with E-state index in [0.717, 1.165) is 13.1 Å². The van der Waals surface area contributed by atoms with Crippen LogP contribution in [0, 0.1) is 0 Å². The lowest BCUT2D eigenvalue weighted by Crippen LogP contribution is -2.33. The molecule has 2 nitrogen and oxygen atoms in total. The first-order valence-electron chi connectivity index (χ1n) is 5.37. The van der Waals surface area contributed by atoms with Crippen molar-refractivity contribution in [1.82, 2.24) is 5.06 Å². The van der Waals surface area contributed by atoms with E-state index >= 15 is 0 Å². The van der Waals surface area contributed by atoms with E-state index in [1.807, 2.05) is 0 Å². The third-order valence-corrected chi connectivity index (χ3v) is 2.92. The highest BCUT2D eigenvalue weighted by Gasteiger charge is 2.20. The minimum Gasteiger partial charge on any atom is -0.296 e. The highest BCUT2D eigenvalue weighted by Crippen LogP contribution is 2.23. The van der Waals surface area contributed by atoms with Crippen molar-refractivity contribution in [2.24, 2.45) is 0 Å². The van der Waals surface area contributed by atoms with E-state index in [1.54, 1.807) is 0 Å². The predicted molar refractivity (Wildman–Crippen MR) is 48.8 cm³/mol. The maximum Gasteiger partial charge on any atom is 0.0793 e. The number of hydrogen-bond donors (Lipinski definition) is 0. The Bertz CT molecular complexity index is 126. The van der Waals surface area contributed by atoms with Gasteiger partial charge in [-0.3, -0.25) is 4.84 Å². The van der Waals surface area contributed by atoms with Crippen LogP contribution in [0.2, 0.25) is 0 Å². The van der Waals surface area contributed by atoms with E-state index in [4.69, 9.17) is 4.84 Å². The summed E-state index contributed by atoms with van der Waals surface area (Å²) < 4.78 is 0. The van der Waals surface area contributed by atoms with Gasteiger partial charge in [0.15, 0.2) is 0 Å². The second-order valence-electron chi connectivity index (χ2n) is 4.00. The van der Waals surface area contributed by atoms with Gasteiger partial charge in [-0.1, -0.05) is 19.3 Å². The van der Waals surface area contributed by atoms with Gasteiger partial charge in [-0.05, 0) is 25.7 Å². The van der Waals surface area contributed by atoms with Gasteiger partial charge in [-0.15, -0.1) is 0 Å². The molecule has 0 aromatic heterocycles. The number of hydrogen-bond acceptors (Lipinski definition) is 2. The van der Waals surface area contributed by atoms with Crippen LogP contribution in [0.5, 0.6) is 0 Å². The van der Waals surface area contributed by atoms with Crippen LogP contribution in [-0.2, 0) is 4.84 Å². The molecule has 0 amide bonds. The summed E-state index contributed by atoms with van der Waals surface area (Å²) in [5.74, 6) is 0. The minimum atomic E-state index is 0.558. The average Bonchev–Trinajstić information content (AvgIpc) is 2.59. The third-order valence-electron chi connectivity index (χ3n) is 2.92. The van der Waals surface area contributed by atoms with Crippen molar-refractivity contribution in [3.63, 3.8) is 0 Å². The predicted octanol–water partition coefficient (Wildman–Crippen LogP) is 2.35. The van der Waals surface area contributed by atoms with Crippen molar-refractivity contribution < 1.29 is 4.84 Å². The molecule has 2 heteroatoms. The fourth-order valence-electron chi connectivity index (χ4n) is 2.17. The third kappa shape index (κ3) is 2.20. The van der Waals surface area contributed by atoms with Crippen LogP contribution in [0.4, 0.5) is 0 Å². The van der Waals surface area contributed by atoms with Crippen LogP contribution < -0.4 is 0 Å². The monoisotopic (exact) mass is 169 g/mol. The summed E-state index contributed by atoms with van der Waals surface area (Å²) in [6.45, 7) is 2.33. The standard InChI is InChI=1S/C10H19NO/c1-4-8-11(9-5-1)12-10-6-2-3-7-10/h10H,1-9H2. The maximum absolute atomic E-state index is 5.89. The lowest BCUT2D eigenvalue weighted by atomic mass is 10.2. The molecule has 1 aliphatic carbocycles. The molecule has 1 saturated heterocycles. The molecule has 2 fully saturated rings. The summed E-state index contributed by atoms with van der Waals surface area (Å²) in [6.07, 6.45) is 9.93. The van der Waals surface area contributed by atoms with Crippen LogP contribution in [0.15, 0.2) is 0 Å². The minimum absolute atomic E-state index is 0.558. The quantitative estimate of drug-likeness (QED) is 0.629. The fraction of sp³-hybridized carbons (Fsp3) is 1.00. The fourth-order valence-corrected chi connectivity index (χ4v) is 2.17. The Kier molecular flexibility index (Phi) is 3.01. The molecule has 0 bridgehead atoms. The summed E-state index contributed by atoms with van der Waals surface area (Å²) in [5, 5.41) is 2.19. The molecule has 0 unspecified atom stereocenters. The van der Waals surface area contributed by atoms with Gasteiger partial charge in [-0.25, -0.2) is 0 Å². The largest absolute Gasteiger partial charge is 0.296 e. The van der Waals surface area contributed by atoms with Gasteiger partial charge in [-0.2, -0.15) is 5.06 Å². The summed E-state index contributed by atoms with van der Waals surface area (Å²) in [4.78, 5) is 5.89. The van der Waals surface area contributed by atoms with E-state index in [2.05, 4.69) is 5.06 Å². The molecule has 1 saturated carbocycles. The van der Waals surface area contributed by atoms with Crippen LogP contribution in [0.3, 0.4) is 0 Å². The number of nitrogens with zero attached hydrogens (tertiary/aromatic N) is 1. The summed E-state index contributed by atoms with van der Waals surface area (Å²) in [5.41, 5.74) is 0. The van der Waals surface area contributed by atoms with Crippen LogP contribution in [-0.4, -0.2) is 24.3 Å². The van der Waals surface area contributed by atoms with Crippen LogP contribution in [0.1, 0.15) is 44.9 Å². The molecule has 0 radical (unpaired) electrons. The maximum atomic E-state index is 5.89. The Morgan fingerprint density at radius 3 is 2.17 bits per heavy atom. The molecule has 2 rings (SSSR count). The molecule has 0 spiro atoms. The Morgan fingerprint density at radius 1 is 0.833 bits per heavy atom. The normalized spacial score (nSPS) is 28.0. The van der Waals surface area contributed by atoms with Crippen molar-refractivity contribution in [2.45, 2.75) is 51.0 Å². The van der Waals surface area contributed by atoms with E-state index in [1.165, 1.54) is 44.9 Å². The molecule has 0 atom stereocenters. The lowest BCUT2D eigenvalue weighted by molar-refractivity contribution is -0.203. The van der Waals surface area contributed by atoms with Crippen molar-refractivity contribution in [3.05, 3.63) is 0 Å². The molecule has 1 heterocycles. The Balaban J connectivity index is 1.69. The molecule has 70 valence electrons. The SMILES string of the molecule is C1CCN(OC2CCCC2)CC1. The zero-order valence-electron chi connectivity index (χ0n) is 7.80. The van der Waals surface area contributed by atoms with Crippen molar-refractivity contribution in [1.29, 1.82) is 0 Å². The zero-order valence-corrected chi connectivity index (χ0v) is 7.80. The van der Waals surface area contributed by atoms with Gasteiger partial charge in [0.05, 0.1) is 6.10 Å². The van der Waals surface area contributed by atoms with E-state index in [-0.39, 0.29) is 0 Å². The summed E-state index contributed by atoms with van der Waals surface area (Å²) in [6, 6.07) is 0. The van der Waals surface area contributed by atoms with E-state index in [0.29, 0.717) is 6.10 Å². The Morgan fingerprint density at radius 2 is 1.50 bits per heavy atom. The van der Waals surface area contributed by atoms with Crippen molar-refractivity contribution in [3.8, 4) is 0 Å². The van der Waals surface area contributed by atoms with E-state index < -0.39 is 0 Å². The molecule has 0 N–H and O–H groups in total. The second-order valence-corrected chi connectivity index (χ2v) is 4.00. The summed E-state index contributed by atoms with van der Waals surface area (Å²) in [7, 11) is 0. The van der Waals surface area contributed by atoms with Crippen LogP contribution >= 0.6 is 0 Å². The second kappa shape index (κ2) is 4.24. The molecule has 0 aromatic rings. The highest BCUT2D eigenvalue weighted by atomic mass is 16.7. The summed E-state index contributed by atoms with van der Waals surface area (Å²) >= 11 is 0. The molecular formula is C10H19NO. The molecule has 1 aliphatic heterocycles. The smallest absolute Gasteiger partial charge is 0.0793 e. The zero-order chi connectivity index (χ0) is 8.23. The first-order chi connectivity index (χ1) is 5.95. The van der Waals surface area contributed by atoms with E-state index in [9.17, 15) is 0 Å². The highest BCUT2D eigenvalue weighted by molar-refractivity contribution is 4.67. The van der Waals surface area contributed by atoms with Gasteiger partial charge >= 0.3 is 0 Å². The van der Waals surface area contributed by atoms with Crippen molar-refractivity contribution >= 4 is 0 Å². The topological polar surface area (TPSA) is 12.5 Å². The number of rotatable bonds is 2. The van der Waals surface area contributed by atoms with Gasteiger partial charge in [0, 0.05) is 13.1 Å². The molecule has 0 aromatic carbocycles. The van der Waals surface area contributed by atoms with Crippen molar-refractivity contribution in [2.75, 3.05) is 13.1 Å². The first kappa shape index (κ1) is 8.52. The van der Waals surface area contributed by atoms with Gasteiger partial charge < -0.3 is 0 Å². The van der Waals surface area contributed by atoms with Gasteiger partial charge in [0.2, 0.25) is 0 Å². The lowest BCUT2D eigenvalue weighted by Gasteiger charge is -2.28. The molecular weight excluding hydrogens is 150 g/mol. The van der Waals surface area contributed by atoms with Gasteiger partial charge in [0.25, 0.3) is 0 Å².